The zero-order valence-corrected chi connectivity index (χ0v) is 12.0. The van der Waals surface area contributed by atoms with E-state index >= 15 is 0 Å². The van der Waals surface area contributed by atoms with E-state index in [1.807, 2.05) is 6.07 Å². The van der Waals surface area contributed by atoms with Crippen molar-refractivity contribution in [3.05, 3.63) is 54.2 Å². The Morgan fingerprint density at radius 3 is 2.71 bits per heavy atom. The minimum absolute atomic E-state index is 0.134. The van der Waals surface area contributed by atoms with Crippen molar-refractivity contribution in [2.45, 2.75) is 6.10 Å². The number of nitrogens with one attached hydrogen (secondary N) is 2. The van der Waals surface area contributed by atoms with Crippen molar-refractivity contribution in [1.29, 1.82) is 0 Å². The predicted molar refractivity (Wildman–Crippen MR) is 83.8 cm³/mol. The quantitative estimate of drug-likeness (QED) is 0.716. The van der Waals surface area contributed by atoms with Crippen molar-refractivity contribution in [3.8, 4) is 0 Å². The number of rotatable bonds is 6. The number of halogens is 1. The van der Waals surface area contributed by atoms with Crippen LogP contribution in [-0.4, -0.2) is 34.5 Å². The van der Waals surface area contributed by atoms with Crippen molar-refractivity contribution in [3.63, 3.8) is 0 Å². The molecule has 0 saturated carbocycles. The van der Waals surface area contributed by atoms with Gasteiger partial charge in [0, 0.05) is 18.4 Å². The maximum atomic E-state index is 12.3. The predicted octanol–water partition coefficient (Wildman–Crippen LogP) is 2.35. The summed E-state index contributed by atoms with van der Waals surface area (Å²) in [5.74, 6) is 0.352. The van der Waals surface area contributed by atoms with Crippen molar-refractivity contribution in [1.82, 2.24) is 4.98 Å². The van der Waals surface area contributed by atoms with E-state index in [-0.39, 0.29) is 18.3 Å². The van der Waals surface area contributed by atoms with E-state index in [1.54, 1.807) is 42.6 Å². The fourth-order valence-electron chi connectivity index (χ4n) is 1.74. The number of aliphatic hydroxyl groups excluding tert-OH is 1. The highest BCUT2D eigenvalue weighted by molar-refractivity contribution is 6.18. The van der Waals surface area contributed by atoms with Crippen LogP contribution in [0.4, 0.5) is 11.5 Å². The molecule has 0 saturated heterocycles. The highest BCUT2D eigenvalue weighted by Gasteiger charge is 2.12. The van der Waals surface area contributed by atoms with Gasteiger partial charge in [0.05, 0.1) is 17.5 Å². The molecular formula is C15H16ClN3O2. The van der Waals surface area contributed by atoms with Crippen LogP contribution in [0.15, 0.2) is 48.7 Å². The van der Waals surface area contributed by atoms with Crippen molar-refractivity contribution < 1.29 is 9.90 Å². The maximum Gasteiger partial charge on any atom is 0.258 e. The van der Waals surface area contributed by atoms with Crippen LogP contribution in [0.2, 0.25) is 0 Å². The number of aliphatic hydroxyl groups is 1. The molecule has 1 unspecified atom stereocenters. The number of pyridine rings is 1. The van der Waals surface area contributed by atoms with E-state index in [4.69, 9.17) is 11.6 Å². The van der Waals surface area contributed by atoms with E-state index in [1.165, 1.54) is 0 Å². The Morgan fingerprint density at radius 2 is 2.00 bits per heavy atom. The lowest BCUT2D eigenvalue weighted by Crippen LogP contribution is -2.22. The van der Waals surface area contributed by atoms with Gasteiger partial charge in [-0.3, -0.25) is 4.79 Å². The average Bonchev–Trinajstić information content (AvgIpc) is 2.53. The molecule has 0 aliphatic heterocycles. The summed E-state index contributed by atoms with van der Waals surface area (Å²) in [6.45, 7) is 0.275. The molecule has 5 nitrogen and oxygen atoms in total. The molecule has 110 valence electrons. The molecule has 2 aromatic rings. The van der Waals surface area contributed by atoms with Crippen LogP contribution in [0.5, 0.6) is 0 Å². The Balaban J connectivity index is 2.10. The molecule has 0 radical (unpaired) electrons. The zero-order valence-electron chi connectivity index (χ0n) is 11.3. The molecule has 0 aliphatic rings. The molecule has 0 aliphatic carbocycles. The van der Waals surface area contributed by atoms with Gasteiger partial charge in [0.2, 0.25) is 0 Å². The number of hydrogen-bond acceptors (Lipinski definition) is 4. The normalized spacial score (nSPS) is 11.7. The molecule has 1 heterocycles. The standard InChI is InChI=1S/C15H16ClN3O2/c16-9-11(20)10-18-13-6-2-1-5-12(13)15(21)19-14-7-3-4-8-17-14/h1-8,11,18,20H,9-10H2,(H,17,19,21). The first-order valence-corrected chi connectivity index (χ1v) is 7.03. The highest BCUT2D eigenvalue weighted by Crippen LogP contribution is 2.16. The van der Waals surface area contributed by atoms with Crippen molar-refractivity contribution in [2.75, 3.05) is 23.1 Å². The molecule has 0 bridgehead atoms. The number of anilines is 2. The number of para-hydroxylation sites is 1. The lowest BCUT2D eigenvalue weighted by molar-refractivity contribution is 0.102. The van der Waals surface area contributed by atoms with Crippen LogP contribution >= 0.6 is 11.6 Å². The summed E-state index contributed by atoms with van der Waals surface area (Å²) >= 11 is 5.55. The second-order valence-electron chi connectivity index (χ2n) is 4.40. The Hall–Kier alpha value is -2.11. The SMILES string of the molecule is O=C(Nc1ccccn1)c1ccccc1NCC(O)CCl. The Kier molecular flexibility index (Phi) is 5.54. The summed E-state index contributed by atoms with van der Waals surface area (Å²) < 4.78 is 0. The van der Waals surface area contributed by atoms with Crippen LogP contribution in [0.25, 0.3) is 0 Å². The summed E-state index contributed by atoms with van der Waals surface area (Å²) in [7, 11) is 0. The van der Waals surface area contributed by atoms with Gasteiger partial charge < -0.3 is 15.7 Å². The number of carbonyl (C=O) groups is 1. The van der Waals surface area contributed by atoms with Crippen LogP contribution in [0.3, 0.4) is 0 Å². The number of hydrogen-bond donors (Lipinski definition) is 3. The number of carbonyl (C=O) groups excluding carboxylic acids is 1. The summed E-state index contributed by atoms with van der Waals surface area (Å²) in [6.07, 6.45) is 0.940. The third-order valence-electron chi connectivity index (χ3n) is 2.78. The second-order valence-corrected chi connectivity index (χ2v) is 4.71. The molecule has 1 aromatic heterocycles. The molecule has 3 N–H and O–H groups in total. The molecule has 21 heavy (non-hydrogen) atoms. The summed E-state index contributed by atoms with van der Waals surface area (Å²) in [5, 5.41) is 15.2. The Bertz CT molecular complexity index is 592. The average molecular weight is 306 g/mol. The van der Waals surface area contributed by atoms with E-state index in [9.17, 15) is 9.90 Å². The van der Waals surface area contributed by atoms with Crippen molar-refractivity contribution in [2.24, 2.45) is 0 Å². The van der Waals surface area contributed by atoms with E-state index in [2.05, 4.69) is 15.6 Å². The summed E-state index contributed by atoms with van der Waals surface area (Å²) in [4.78, 5) is 16.3. The van der Waals surface area contributed by atoms with Crippen LogP contribution in [0.1, 0.15) is 10.4 Å². The van der Waals surface area contributed by atoms with Gasteiger partial charge >= 0.3 is 0 Å². The zero-order chi connectivity index (χ0) is 15.1. The number of benzene rings is 1. The van der Waals surface area contributed by atoms with E-state index in [0.717, 1.165) is 0 Å². The minimum Gasteiger partial charge on any atom is -0.390 e. The third-order valence-corrected chi connectivity index (χ3v) is 3.14. The van der Waals surface area contributed by atoms with Crippen LogP contribution in [0, 0.1) is 0 Å². The van der Waals surface area contributed by atoms with Gasteiger partial charge in [0.1, 0.15) is 5.82 Å². The molecule has 0 spiro atoms. The van der Waals surface area contributed by atoms with Gasteiger partial charge in [-0.2, -0.15) is 0 Å². The molecule has 0 fully saturated rings. The lowest BCUT2D eigenvalue weighted by atomic mass is 10.1. The van der Waals surface area contributed by atoms with Gasteiger partial charge in [-0.25, -0.2) is 4.98 Å². The molecular weight excluding hydrogens is 290 g/mol. The number of nitrogens with zero attached hydrogens (tertiary/aromatic N) is 1. The minimum atomic E-state index is -0.668. The summed E-state index contributed by atoms with van der Waals surface area (Å²) in [5.41, 5.74) is 1.11. The topological polar surface area (TPSA) is 74.2 Å². The fraction of sp³-hybridized carbons (Fsp3) is 0.200. The molecule has 1 amide bonds. The summed E-state index contributed by atoms with van der Waals surface area (Å²) in [6, 6.07) is 12.3. The van der Waals surface area contributed by atoms with Gasteiger partial charge in [0.15, 0.2) is 0 Å². The number of amides is 1. The highest BCUT2D eigenvalue weighted by atomic mass is 35.5. The van der Waals surface area contributed by atoms with Crippen molar-refractivity contribution >= 4 is 29.0 Å². The Labute approximate surface area is 128 Å². The fourth-order valence-corrected chi connectivity index (χ4v) is 1.85. The van der Waals surface area contributed by atoms with E-state index in [0.29, 0.717) is 17.1 Å². The van der Waals surface area contributed by atoms with Gasteiger partial charge in [-0.05, 0) is 24.3 Å². The Morgan fingerprint density at radius 1 is 1.24 bits per heavy atom. The lowest BCUT2D eigenvalue weighted by Gasteiger charge is -2.13. The maximum absolute atomic E-state index is 12.3. The van der Waals surface area contributed by atoms with Gasteiger partial charge in [-0.15, -0.1) is 11.6 Å². The first-order valence-electron chi connectivity index (χ1n) is 6.50. The number of aromatic nitrogens is 1. The molecule has 1 aromatic carbocycles. The molecule has 2 rings (SSSR count). The van der Waals surface area contributed by atoms with E-state index < -0.39 is 6.10 Å². The number of alkyl halides is 1. The second kappa shape index (κ2) is 7.61. The first kappa shape index (κ1) is 15.3. The van der Waals surface area contributed by atoms with Gasteiger partial charge in [0.25, 0.3) is 5.91 Å². The van der Waals surface area contributed by atoms with Gasteiger partial charge in [-0.1, -0.05) is 18.2 Å². The van der Waals surface area contributed by atoms with Crippen LogP contribution in [-0.2, 0) is 0 Å². The largest absolute Gasteiger partial charge is 0.390 e. The van der Waals surface area contributed by atoms with Crippen LogP contribution < -0.4 is 10.6 Å². The monoisotopic (exact) mass is 305 g/mol. The molecule has 1 atom stereocenters. The molecule has 6 heteroatoms. The first-order chi connectivity index (χ1) is 10.2. The smallest absolute Gasteiger partial charge is 0.258 e. The third kappa shape index (κ3) is 4.44.